The molecule has 1 rings (SSSR count). The van der Waals surface area contributed by atoms with Crippen molar-refractivity contribution in [1.82, 2.24) is 0 Å². The van der Waals surface area contributed by atoms with Crippen molar-refractivity contribution in [1.29, 1.82) is 0 Å². The SMILES string of the molecule is N[C@@H](Cc1ccc(OP(=O)(O)O)cc1)C(=O)[O-].[K+]. The quantitative estimate of drug-likeness (QED) is 0.371. The van der Waals surface area contributed by atoms with E-state index in [1.54, 1.807) is 0 Å². The molecular formula is C9H11KNO6P. The van der Waals surface area contributed by atoms with E-state index in [4.69, 9.17) is 15.5 Å². The standard InChI is InChI=1S/C9H12NO6P.K/c10-8(9(11)12)5-6-1-3-7(4-2-6)16-17(13,14)15;/h1-4,8H,5,10H2,(H,11,12)(H2,13,14,15);/q;+1/p-1/t8-;/m0./s1. The molecule has 0 heterocycles. The molecule has 0 radical (unpaired) electrons. The van der Waals surface area contributed by atoms with Crippen molar-refractivity contribution in [2.24, 2.45) is 5.73 Å². The summed E-state index contributed by atoms with van der Waals surface area (Å²) >= 11 is 0. The third-order valence-electron chi connectivity index (χ3n) is 1.91. The van der Waals surface area contributed by atoms with E-state index in [-0.39, 0.29) is 63.6 Å². The molecular weight excluding hydrogens is 288 g/mol. The number of hydrogen-bond donors (Lipinski definition) is 3. The van der Waals surface area contributed by atoms with Gasteiger partial charge in [0.1, 0.15) is 5.75 Å². The summed E-state index contributed by atoms with van der Waals surface area (Å²) in [6, 6.07) is 4.44. The number of benzene rings is 1. The molecule has 0 aliphatic carbocycles. The fraction of sp³-hybridized carbons (Fsp3) is 0.222. The summed E-state index contributed by atoms with van der Waals surface area (Å²) in [4.78, 5) is 27.5. The minimum Gasteiger partial charge on any atom is -0.548 e. The first kappa shape index (κ1) is 18.2. The maximum Gasteiger partial charge on any atom is 1.00 e. The zero-order valence-corrected chi connectivity index (χ0v) is 13.7. The van der Waals surface area contributed by atoms with Crippen molar-refractivity contribution in [3.63, 3.8) is 0 Å². The van der Waals surface area contributed by atoms with Crippen LogP contribution in [-0.2, 0) is 15.8 Å². The Hall–Kier alpha value is 0.236. The van der Waals surface area contributed by atoms with E-state index >= 15 is 0 Å². The van der Waals surface area contributed by atoms with Gasteiger partial charge in [0.25, 0.3) is 0 Å². The Morgan fingerprint density at radius 1 is 1.39 bits per heavy atom. The van der Waals surface area contributed by atoms with Crippen LogP contribution in [0.5, 0.6) is 5.75 Å². The summed E-state index contributed by atoms with van der Waals surface area (Å²) in [5.74, 6) is -1.37. The second-order valence-electron chi connectivity index (χ2n) is 3.36. The van der Waals surface area contributed by atoms with Crippen molar-refractivity contribution in [3.05, 3.63) is 29.8 Å². The van der Waals surface area contributed by atoms with Crippen LogP contribution in [0.4, 0.5) is 0 Å². The van der Waals surface area contributed by atoms with Crippen LogP contribution in [-0.4, -0.2) is 21.8 Å². The number of rotatable bonds is 5. The van der Waals surface area contributed by atoms with E-state index in [0.717, 1.165) is 0 Å². The third kappa shape index (κ3) is 6.98. The summed E-state index contributed by atoms with van der Waals surface area (Å²) in [5.41, 5.74) is 5.87. The van der Waals surface area contributed by atoms with Crippen molar-refractivity contribution in [2.75, 3.05) is 0 Å². The average Bonchev–Trinajstić information content (AvgIpc) is 2.18. The molecule has 1 aromatic carbocycles. The second kappa shape index (κ2) is 7.74. The number of nitrogens with two attached hydrogens (primary N) is 1. The molecule has 0 bridgehead atoms. The van der Waals surface area contributed by atoms with Gasteiger partial charge in [0, 0.05) is 6.04 Å². The Morgan fingerprint density at radius 3 is 2.28 bits per heavy atom. The van der Waals surface area contributed by atoms with Gasteiger partial charge in [-0.3, -0.25) is 9.79 Å². The van der Waals surface area contributed by atoms with Crippen molar-refractivity contribution in [3.8, 4) is 5.75 Å². The van der Waals surface area contributed by atoms with E-state index in [1.807, 2.05) is 0 Å². The predicted octanol–water partition coefficient (Wildman–Crippen LogP) is -4.22. The molecule has 0 saturated heterocycles. The van der Waals surface area contributed by atoms with Crippen molar-refractivity contribution < 1.29 is 80.2 Å². The molecule has 18 heavy (non-hydrogen) atoms. The van der Waals surface area contributed by atoms with Gasteiger partial charge in [0.2, 0.25) is 0 Å². The zero-order valence-electron chi connectivity index (χ0n) is 9.65. The normalized spacial score (nSPS) is 12.4. The van der Waals surface area contributed by atoms with Crippen LogP contribution in [0.1, 0.15) is 5.56 Å². The molecule has 0 unspecified atom stereocenters. The molecule has 0 saturated carbocycles. The predicted molar refractivity (Wildman–Crippen MR) is 55.8 cm³/mol. The molecule has 0 fully saturated rings. The molecule has 0 aliphatic heterocycles. The molecule has 1 atom stereocenters. The van der Waals surface area contributed by atoms with Crippen LogP contribution in [0.3, 0.4) is 0 Å². The smallest absolute Gasteiger partial charge is 0.548 e. The van der Waals surface area contributed by atoms with Gasteiger partial charge in [-0.15, -0.1) is 0 Å². The van der Waals surface area contributed by atoms with Gasteiger partial charge in [0.05, 0.1) is 5.97 Å². The number of carbonyl (C=O) groups excluding carboxylic acids is 1. The van der Waals surface area contributed by atoms with E-state index in [1.165, 1.54) is 24.3 Å². The maximum absolute atomic E-state index is 10.5. The monoisotopic (exact) mass is 299 g/mol. The molecule has 94 valence electrons. The van der Waals surface area contributed by atoms with Gasteiger partial charge in [-0.05, 0) is 24.1 Å². The largest absolute Gasteiger partial charge is 1.00 e. The summed E-state index contributed by atoms with van der Waals surface area (Å²) in [5, 5.41) is 10.4. The molecule has 0 spiro atoms. The fourth-order valence-electron chi connectivity index (χ4n) is 1.16. The van der Waals surface area contributed by atoms with E-state index in [0.29, 0.717) is 5.56 Å². The second-order valence-corrected chi connectivity index (χ2v) is 4.52. The number of carboxylic acids is 1. The first-order valence-corrected chi connectivity index (χ1v) is 6.11. The number of hydrogen-bond acceptors (Lipinski definition) is 5. The Labute approximate surface area is 146 Å². The Bertz CT molecular complexity index is 445. The summed E-state index contributed by atoms with van der Waals surface area (Å²) in [7, 11) is -4.57. The van der Waals surface area contributed by atoms with Crippen LogP contribution >= 0.6 is 7.82 Å². The Morgan fingerprint density at radius 2 is 1.89 bits per heavy atom. The molecule has 0 amide bonds. The average molecular weight is 299 g/mol. The molecule has 0 aromatic heterocycles. The Balaban J connectivity index is 0.00000289. The minimum atomic E-state index is -4.57. The third-order valence-corrected chi connectivity index (χ3v) is 2.35. The molecule has 7 nitrogen and oxygen atoms in total. The van der Waals surface area contributed by atoms with Crippen LogP contribution in [0.15, 0.2) is 24.3 Å². The first-order valence-electron chi connectivity index (χ1n) is 4.58. The van der Waals surface area contributed by atoms with Crippen molar-refractivity contribution >= 4 is 13.8 Å². The number of phosphoric acid groups is 1. The first-order chi connectivity index (χ1) is 7.78. The molecule has 9 heteroatoms. The molecule has 0 aliphatic rings. The Kier molecular flexibility index (Phi) is 7.84. The van der Waals surface area contributed by atoms with Crippen LogP contribution in [0, 0.1) is 0 Å². The minimum absolute atomic E-state index is 0. The summed E-state index contributed by atoms with van der Waals surface area (Å²) in [6.45, 7) is 0. The summed E-state index contributed by atoms with van der Waals surface area (Å²) in [6.07, 6.45) is 0.0680. The zero-order chi connectivity index (χ0) is 13.1. The maximum atomic E-state index is 10.5. The van der Waals surface area contributed by atoms with Crippen LogP contribution in [0.25, 0.3) is 0 Å². The van der Waals surface area contributed by atoms with E-state index < -0.39 is 19.8 Å². The van der Waals surface area contributed by atoms with Gasteiger partial charge < -0.3 is 20.2 Å². The van der Waals surface area contributed by atoms with Gasteiger partial charge >= 0.3 is 59.2 Å². The molecule has 4 N–H and O–H groups in total. The van der Waals surface area contributed by atoms with E-state index in [2.05, 4.69) is 4.52 Å². The molecule has 1 aromatic rings. The van der Waals surface area contributed by atoms with Crippen LogP contribution in [0.2, 0.25) is 0 Å². The van der Waals surface area contributed by atoms with E-state index in [9.17, 15) is 14.5 Å². The number of aliphatic carboxylic acids is 1. The number of phosphoric ester groups is 1. The fourth-order valence-corrected chi connectivity index (χ4v) is 1.56. The summed E-state index contributed by atoms with van der Waals surface area (Å²) < 4.78 is 14.8. The van der Waals surface area contributed by atoms with Gasteiger partial charge in [-0.2, -0.15) is 0 Å². The topological polar surface area (TPSA) is 133 Å². The number of carboxylic acid groups (broad SMARTS) is 1. The van der Waals surface area contributed by atoms with Gasteiger partial charge in [-0.1, -0.05) is 12.1 Å². The number of carbonyl (C=O) groups is 1. The van der Waals surface area contributed by atoms with Crippen molar-refractivity contribution in [2.45, 2.75) is 12.5 Å². The van der Waals surface area contributed by atoms with Gasteiger partial charge in [0.15, 0.2) is 0 Å². The van der Waals surface area contributed by atoms with Gasteiger partial charge in [-0.25, -0.2) is 4.57 Å². The van der Waals surface area contributed by atoms with Crippen LogP contribution < -0.4 is 66.7 Å².